The van der Waals surface area contributed by atoms with Crippen molar-refractivity contribution in [1.29, 1.82) is 0 Å². The summed E-state index contributed by atoms with van der Waals surface area (Å²) < 4.78 is 5.60. The zero-order valence-electron chi connectivity index (χ0n) is 21.5. The number of carbonyl (C=O) groups is 1. The lowest BCUT2D eigenvalue weighted by Crippen LogP contribution is -2.56. The topological polar surface area (TPSA) is 60.9 Å². The van der Waals surface area contributed by atoms with Gasteiger partial charge in [-0.2, -0.15) is 0 Å². The molecule has 1 N–H and O–H groups in total. The first-order valence-electron chi connectivity index (χ1n) is 13.1. The highest BCUT2D eigenvalue weighted by Gasteiger charge is 2.35. The average molecular weight is 480 g/mol. The van der Waals surface area contributed by atoms with E-state index in [2.05, 4.69) is 49.3 Å². The lowest BCUT2D eigenvalue weighted by molar-refractivity contribution is -0.122. The molecule has 2 fully saturated rings. The first-order valence-corrected chi connectivity index (χ1v) is 13.1. The fraction of sp³-hybridized carbons (Fsp3) is 0.571. The summed E-state index contributed by atoms with van der Waals surface area (Å²) in [6.07, 6.45) is 4.53. The minimum atomic E-state index is 0.168. The molecule has 0 unspecified atom stereocenters. The molecule has 0 spiro atoms. The van der Waals surface area contributed by atoms with Crippen molar-refractivity contribution in [2.24, 2.45) is 5.92 Å². The van der Waals surface area contributed by atoms with Gasteiger partial charge in [0.25, 0.3) is 0 Å². The number of methoxy groups -OCH3 is 1. The number of likely N-dealkylation sites (tertiary alicyclic amines) is 1. The molecule has 1 aromatic carbocycles. The number of piperidine rings is 1. The molecule has 2 aliphatic heterocycles. The van der Waals surface area contributed by atoms with Gasteiger partial charge in [0.2, 0.25) is 5.91 Å². The zero-order valence-corrected chi connectivity index (χ0v) is 21.5. The van der Waals surface area contributed by atoms with Gasteiger partial charge in [-0.3, -0.25) is 19.6 Å². The van der Waals surface area contributed by atoms with Gasteiger partial charge in [0.1, 0.15) is 5.75 Å². The van der Waals surface area contributed by atoms with Gasteiger partial charge in [0.15, 0.2) is 0 Å². The number of nitrogens with zero attached hydrogens (tertiary/aromatic N) is 4. The van der Waals surface area contributed by atoms with Crippen molar-refractivity contribution in [2.75, 3.05) is 51.3 Å². The van der Waals surface area contributed by atoms with Crippen LogP contribution in [0.2, 0.25) is 0 Å². The Hall–Kier alpha value is -2.64. The normalized spacial score (nSPS) is 21.8. The Labute approximate surface area is 210 Å². The number of aromatic nitrogens is 1. The second-order valence-electron chi connectivity index (χ2n) is 10.1. The highest BCUT2D eigenvalue weighted by Crippen LogP contribution is 2.31. The maximum Gasteiger partial charge on any atom is 0.220 e. The lowest BCUT2D eigenvalue weighted by Gasteiger charge is -2.47. The van der Waals surface area contributed by atoms with Crippen LogP contribution in [-0.2, 0) is 11.3 Å². The fourth-order valence-electron chi connectivity index (χ4n) is 5.62. The van der Waals surface area contributed by atoms with E-state index in [0.717, 1.165) is 70.1 Å². The summed E-state index contributed by atoms with van der Waals surface area (Å²) in [6, 6.07) is 15.1. The molecule has 0 radical (unpaired) electrons. The van der Waals surface area contributed by atoms with E-state index >= 15 is 0 Å². The van der Waals surface area contributed by atoms with Crippen LogP contribution in [0.25, 0.3) is 0 Å². The molecule has 0 bridgehead atoms. The molecular weight excluding hydrogens is 438 g/mol. The standard InChI is InChI=1S/C28H41N5O2/c1-22(2)30-28(34)12-11-23-20-31(21-24-8-6-7-14-29-24)15-13-25(23)32-16-18-33(19-17-32)26-9-4-5-10-27(26)35-3/h4-10,14,22-23,25H,11-13,15-21H2,1-3H3,(H,30,34)/t23-,25+/m1/s1. The van der Waals surface area contributed by atoms with Crippen molar-refractivity contribution in [3.05, 3.63) is 54.4 Å². The number of ether oxygens (including phenoxy) is 1. The predicted molar refractivity (Wildman–Crippen MR) is 141 cm³/mol. The van der Waals surface area contributed by atoms with Crippen molar-refractivity contribution in [2.45, 2.75) is 51.7 Å². The van der Waals surface area contributed by atoms with Crippen LogP contribution in [0.15, 0.2) is 48.7 Å². The second kappa shape index (κ2) is 12.4. The third-order valence-corrected chi connectivity index (χ3v) is 7.29. The van der Waals surface area contributed by atoms with Crippen LogP contribution in [0.5, 0.6) is 5.75 Å². The van der Waals surface area contributed by atoms with Crippen molar-refractivity contribution in [3.8, 4) is 5.75 Å². The van der Waals surface area contributed by atoms with Gasteiger partial charge in [0, 0.05) is 70.5 Å². The molecule has 0 saturated carbocycles. The minimum Gasteiger partial charge on any atom is -0.495 e. The number of amides is 1. The Morgan fingerprint density at radius 2 is 1.86 bits per heavy atom. The number of rotatable bonds is 9. The molecule has 190 valence electrons. The van der Waals surface area contributed by atoms with Gasteiger partial charge in [-0.1, -0.05) is 18.2 Å². The molecule has 1 amide bonds. The summed E-state index contributed by atoms with van der Waals surface area (Å²) in [4.78, 5) is 24.6. The third kappa shape index (κ3) is 6.95. The number of hydrogen-bond donors (Lipinski definition) is 1. The first kappa shape index (κ1) is 25.5. The van der Waals surface area contributed by atoms with Crippen LogP contribution in [-0.4, -0.2) is 79.2 Å². The van der Waals surface area contributed by atoms with Crippen LogP contribution in [0.3, 0.4) is 0 Å². The molecule has 2 saturated heterocycles. The van der Waals surface area contributed by atoms with Gasteiger partial charge < -0.3 is 15.0 Å². The fourth-order valence-corrected chi connectivity index (χ4v) is 5.62. The smallest absolute Gasteiger partial charge is 0.220 e. The molecular formula is C28H41N5O2. The van der Waals surface area contributed by atoms with Crippen LogP contribution >= 0.6 is 0 Å². The van der Waals surface area contributed by atoms with Crippen molar-refractivity contribution in [3.63, 3.8) is 0 Å². The summed E-state index contributed by atoms with van der Waals surface area (Å²) in [5, 5.41) is 3.07. The second-order valence-corrected chi connectivity index (χ2v) is 10.1. The van der Waals surface area contributed by atoms with E-state index in [9.17, 15) is 4.79 Å². The van der Waals surface area contributed by atoms with E-state index in [1.807, 2.05) is 38.2 Å². The summed E-state index contributed by atoms with van der Waals surface area (Å²) in [5.41, 5.74) is 2.30. The Bertz CT molecular complexity index is 930. The minimum absolute atomic E-state index is 0.168. The molecule has 35 heavy (non-hydrogen) atoms. The van der Waals surface area contributed by atoms with Crippen LogP contribution < -0.4 is 15.0 Å². The zero-order chi connectivity index (χ0) is 24.6. The summed E-state index contributed by atoms with van der Waals surface area (Å²) in [6.45, 7) is 11.1. The van der Waals surface area contributed by atoms with Crippen LogP contribution in [0.4, 0.5) is 5.69 Å². The van der Waals surface area contributed by atoms with E-state index in [0.29, 0.717) is 18.4 Å². The van der Waals surface area contributed by atoms with E-state index in [1.165, 1.54) is 5.69 Å². The highest BCUT2D eigenvalue weighted by molar-refractivity contribution is 5.76. The molecule has 7 nitrogen and oxygen atoms in total. The number of anilines is 1. The largest absolute Gasteiger partial charge is 0.495 e. The van der Waals surface area contributed by atoms with E-state index in [4.69, 9.17) is 4.74 Å². The monoisotopic (exact) mass is 479 g/mol. The number of carbonyl (C=O) groups excluding carboxylic acids is 1. The van der Waals surface area contributed by atoms with Crippen LogP contribution in [0.1, 0.15) is 38.8 Å². The molecule has 4 rings (SSSR count). The van der Waals surface area contributed by atoms with Gasteiger partial charge in [0.05, 0.1) is 18.5 Å². The number of nitrogens with one attached hydrogen (secondary N) is 1. The van der Waals surface area contributed by atoms with Crippen molar-refractivity contribution in [1.82, 2.24) is 20.1 Å². The Morgan fingerprint density at radius 1 is 1.09 bits per heavy atom. The number of para-hydroxylation sites is 2. The van der Waals surface area contributed by atoms with E-state index in [1.54, 1.807) is 7.11 Å². The number of benzene rings is 1. The summed E-state index contributed by atoms with van der Waals surface area (Å²) in [7, 11) is 1.74. The molecule has 3 heterocycles. The Kier molecular flexibility index (Phi) is 8.99. The van der Waals surface area contributed by atoms with Gasteiger partial charge in [-0.15, -0.1) is 0 Å². The molecule has 2 aliphatic rings. The van der Waals surface area contributed by atoms with Crippen molar-refractivity contribution < 1.29 is 9.53 Å². The molecule has 0 aliphatic carbocycles. The quantitative estimate of drug-likeness (QED) is 0.595. The average Bonchev–Trinajstić information content (AvgIpc) is 2.88. The van der Waals surface area contributed by atoms with Crippen molar-refractivity contribution >= 4 is 11.6 Å². The number of piperazine rings is 1. The van der Waals surface area contributed by atoms with Gasteiger partial charge in [-0.05, 0) is 56.9 Å². The number of pyridine rings is 1. The molecule has 7 heteroatoms. The maximum absolute atomic E-state index is 12.4. The highest BCUT2D eigenvalue weighted by atomic mass is 16.5. The molecule has 2 aromatic rings. The number of hydrogen-bond acceptors (Lipinski definition) is 6. The lowest BCUT2D eigenvalue weighted by atomic mass is 9.86. The SMILES string of the molecule is COc1ccccc1N1CCN([C@H]2CCN(Cc3ccccn3)C[C@H]2CCC(=O)NC(C)C)CC1. The molecule has 2 atom stereocenters. The summed E-state index contributed by atoms with van der Waals surface area (Å²) in [5.74, 6) is 1.59. The Morgan fingerprint density at radius 3 is 2.57 bits per heavy atom. The maximum atomic E-state index is 12.4. The van der Waals surface area contributed by atoms with E-state index < -0.39 is 0 Å². The van der Waals surface area contributed by atoms with Gasteiger partial charge in [-0.25, -0.2) is 0 Å². The van der Waals surface area contributed by atoms with Gasteiger partial charge >= 0.3 is 0 Å². The Balaban J connectivity index is 1.39. The first-order chi connectivity index (χ1) is 17.0. The predicted octanol–water partition coefficient (Wildman–Crippen LogP) is 3.41. The molecule has 1 aromatic heterocycles. The summed E-state index contributed by atoms with van der Waals surface area (Å²) >= 11 is 0. The van der Waals surface area contributed by atoms with E-state index in [-0.39, 0.29) is 11.9 Å². The van der Waals surface area contributed by atoms with Crippen LogP contribution in [0, 0.1) is 5.92 Å². The third-order valence-electron chi connectivity index (χ3n) is 7.29.